The molecule has 0 aromatic carbocycles. The van der Waals surface area contributed by atoms with Gasteiger partial charge < -0.3 is 9.88 Å². The Hall–Kier alpha value is -0.860. The van der Waals surface area contributed by atoms with Crippen LogP contribution in [0.3, 0.4) is 0 Å². The number of carbonyl (C=O) groups excluding carboxylic acids is 1. The summed E-state index contributed by atoms with van der Waals surface area (Å²) < 4.78 is 34.4. The Balaban J connectivity index is 2.81. The monoisotopic (exact) mass is 312 g/mol. The van der Waals surface area contributed by atoms with E-state index < -0.39 is 25.8 Å². The third-order valence-electron chi connectivity index (χ3n) is 2.17. The maximum Gasteiger partial charge on any atom is 0.267 e. The lowest BCUT2D eigenvalue weighted by atomic mass is 10.4. The fourth-order valence-corrected chi connectivity index (χ4v) is 2.47. The first-order chi connectivity index (χ1) is 8.21. The lowest BCUT2D eigenvalue weighted by molar-refractivity contribution is 0.0948. The molecular weight excluding hydrogens is 300 g/mol. The van der Waals surface area contributed by atoms with Crippen molar-refractivity contribution in [1.29, 1.82) is 0 Å². The predicted molar refractivity (Wildman–Crippen MR) is 69.7 cm³/mol. The van der Waals surface area contributed by atoms with Crippen LogP contribution in [0.5, 0.6) is 0 Å². The van der Waals surface area contributed by atoms with Crippen LogP contribution in [0.2, 0.25) is 0 Å². The largest absolute Gasteiger partial charge is 0.350 e. The van der Waals surface area contributed by atoms with Crippen molar-refractivity contribution in [1.82, 2.24) is 9.88 Å². The summed E-state index contributed by atoms with van der Waals surface area (Å²) in [5.41, 5.74) is 0.177. The number of aromatic nitrogens is 1. The third kappa shape index (κ3) is 4.11. The van der Waals surface area contributed by atoms with Crippen molar-refractivity contribution in [2.24, 2.45) is 7.05 Å². The van der Waals surface area contributed by atoms with Gasteiger partial charge in [-0.2, -0.15) is 0 Å². The molecule has 9 heteroatoms. The molecule has 18 heavy (non-hydrogen) atoms. The molecule has 1 rings (SSSR count). The zero-order valence-corrected chi connectivity index (χ0v) is 12.2. The molecular formula is C9H13ClN2O4S2. The lowest BCUT2D eigenvalue weighted by Crippen LogP contribution is -2.28. The summed E-state index contributed by atoms with van der Waals surface area (Å²) in [6.07, 6.45) is 2.79. The van der Waals surface area contributed by atoms with Crippen molar-refractivity contribution in [3.63, 3.8) is 0 Å². The van der Waals surface area contributed by atoms with Gasteiger partial charge in [0.1, 0.15) is 10.6 Å². The van der Waals surface area contributed by atoms with Crippen LogP contribution in [0, 0.1) is 0 Å². The molecule has 0 radical (unpaired) electrons. The van der Waals surface area contributed by atoms with Gasteiger partial charge in [0.05, 0.1) is 0 Å². The molecule has 0 fully saturated rings. The highest BCUT2D eigenvalue weighted by Crippen LogP contribution is 2.17. The van der Waals surface area contributed by atoms with E-state index in [0.717, 1.165) is 0 Å². The van der Waals surface area contributed by atoms with Crippen molar-refractivity contribution in [2.45, 2.75) is 4.90 Å². The van der Waals surface area contributed by atoms with Gasteiger partial charge in [-0.1, -0.05) is 0 Å². The van der Waals surface area contributed by atoms with Crippen LogP contribution in [0.25, 0.3) is 0 Å². The molecule has 1 N–H and O–H groups in total. The number of rotatable bonds is 5. The number of nitrogens with one attached hydrogen (secondary N) is 1. The van der Waals surface area contributed by atoms with Crippen molar-refractivity contribution in [3.05, 3.63) is 18.0 Å². The molecule has 0 aliphatic rings. The second-order valence-electron chi connectivity index (χ2n) is 3.64. The molecule has 0 bridgehead atoms. The Kier molecular flexibility index (Phi) is 4.94. The highest BCUT2D eigenvalue weighted by molar-refractivity contribution is 8.13. The highest BCUT2D eigenvalue weighted by atomic mass is 35.7. The van der Waals surface area contributed by atoms with Gasteiger partial charge in [-0.3, -0.25) is 9.00 Å². The fraction of sp³-hybridized carbons (Fsp3) is 0.444. The Bertz CT molecular complexity index is 579. The van der Waals surface area contributed by atoms with Gasteiger partial charge in [0.25, 0.3) is 15.0 Å². The van der Waals surface area contributed by atoms with E-state index in [9.17, 15) is 17.4 Å². The predicted octanol–water partition coefficient (Wildman–Crippen LogP) is 0.0609. The second-order valence-corrected chi connectivity index (χ2v) is 7.76. The Labute approximate surface area is 112 Å². The summed E-state index contributed by atoms with van der Waals surface area (Å²) >= 11 is 0. The zero-order chi connectivity index (χ0) is 13.9. The number of amides is 1. The molecule has 102 valence electrons. The Morgan fingerprint density at radius 1 is 1.56 bits per heavy atom. The molecule has 1 aromatic rings. The van der Waals surface area contributed by atoms with Gasteiger partial charge in [0.15, 0.2) is 0 Å². The van der Waals surface area contributed by atoms with Gasteiger partial charge in [-0.25, -0.2) is 8.42 Å². The summed E-state index contributed by atoms with van der Waals surface area (Å²) in [6.45, 7) is 0.260. The third-order valence-corrected chi connectivity index (χ3v) is 4.27. The topological polar surface area (TPSA) is 85.2 Å². The first kappa shape index (κ1) is 15.2. The first-order valence-corrected chi connectivity index (χ1v) is 8.94. The normalized spacial score (nSPS) is 13.3. The minimum atomic E-state index is -3.85. The van der Waals surface area contributed by atoms with Crippen LogP contribution >= 0.6 is 10.7 Å². The van der Waals surface area contributed by atoms with Gasteiger partial charge in [-0.15, -0.1) is 0 Å². The summed E-state index contributed by atoms with van der Waals surface area (Å²) in [5, 5.41) is 2.55. The van der Waals surface area contributed by atoms with E-state index in [2.05, 4.69) is 5.32 Å². The number of nitrogens with zero attached hydrogens (tertiary/aromatic N) is 1. The van der Waals surface area contributed by atoms with Gasteiger partial charge in [-0.05, 0) is 6.07 Å². The lowest BCUT2D eigenvalue weighted by Gasteiger charge is -2.04. The Morgan fingerprint density at radius 2 is 2.17 bits per heavy atom. The molecule has 0 spiro atoms. The van der Waals surface area contributed by atoms with Gasteiger partial charge in [0, 0.05) is 53.3 Å². The average Bonchev–Trinajstić information content (AvgIpc) is 2.59. The first-order valence-electron chi connectivity index (χ1n) is 4.91. The highest BCUT2D eigenvalue weighted by Gasteiger charge is 2.18. The maximum absolute atomic E-state index is 11.7. The van der Waals surface area contributed by atoms with Crippen LogP contribution in [0.4, 0.5) is 0 Å². The van der Waals surface area contributed by atoms with Crippen molar-refractivity contribution in [3.8, 4) is 0 Å². The van der Waals surface area contributed by atoms with Crippen molar-refractivity contribution < 1.29 is 17.4 Å². The van der Waals surface area contributed by atoms with E-state index in [1.807, 2.05) is 0 Å². The summed E-state index contributed by atoms with van der Waals surface area (Å²) in [5.74, 6) is -0.0916. The number of hydrogen-bond donors (Lipinski definition) is 1. The molecule has 1 aromatic heterocycles. The molecule has 0 aliphatic heterocycles. The molecule has 6 nitrogen and oxygen atoms in total. The number of hydrogen-bond acceptors (Lipinski definition) is 4. The van der Waals surface area contributed by atoms with Crippen LogP contribution < -0.4 is 5.32 Å². The molecule has 1 atom stereocenters. The van der Waals surface area contributed by atoms with Crippen molar-refractivity contribution in [2.75, 3.05) is 18.6 Å². The number of carbonyl (C=O) groups is 1. The minimum Gasteiger partial charge on any atom is -0.350 e. The van der Waals surface area contributed by atoms with E-state index in [4.69, 9.17) is 10.7 Å². The molecule has 0 aliphatic carbocycles. The average molecular weight is 313 g/mol. The zero-order valence-electron chi connectivity index (χ0n) is 9.84. The van der Waals surface area contributed by atoms with E-state index in [1.54, 1.807) is 7.05 Å². The van der Waals surface area contributed by atoms with E-state index in [1.165, 1.54) is 23.1 Å². The standard InChI is InChI=1S/C9H13ClN2O4S2/c1-12-6-7(18(10,15)16)5-8(12)9(13)11-3-4-17(2)14/h5-6H,3-4H2,1-2H3,(H,11,13). The van der Waals surface area contributed by atoms with Crippen LogP contribution in [0.15, 0.2) is 17.2 Å². The molecule has 0 saturated carbocycles. The SMILES string of the molecule is Cn1cc(S(=O)(=O)Cl)cc1C(=O)NCCS(C)=O. The van der Waals surface area contributed by atoms with Crippen LogP contribution in [0.1, 0.15) is 10.5 Å². The molecule has 1 heterocycles. The Morgan fingerprint density at radius 3 is 2.61 bits per heavy atom. The van der Waals surface area contributed by atoms with Crippen LogP contribution in [-0.2, 0) is 26.9 Å². The molecule has 1 amide bonds. The van der Waals surface area contributed by atoms with E-state index >= 15 is 0 Å². The van der Waals surface area contributed by atoms with E-state index in [0.29, 0.717) is 5.75 Å². The van der Waals surface area contributed by atoms with Crippen molar-refractivity contribution >= 4 is 36.4 Å². The maximum atomic E-state index is 11.7. The minimum absolute atomic E-state index is 0.129. The molecule has 0 saturated heterocycles. The fourth-order valence-electron chi connectivity index (χ4n) is 1.29. The van der Waals surface area contributed by atoms with Gasteiger partial charge in [0.2, 0.25) is 0 Å². The number of halogens is 1. The second kappa shape index (κ2) is 5.85. The summed E-state index contributed by atoms with van der Waals surface area (Å²) in [4.78, 5) is 11.6. The van der Waals surface area contributed by atoms with Gasteiger partial charge >= 0.3 is 0 Å². The molecule has 1 unspecified atom stereocenters. The summed E-state index contributed by atoms with van der Waals surface area (Å²) in [7, 11) is 1.88. The summed E-state index contributed by atoms with van der Waals surface area (Å²) in [6, 6.07) is 1.20. The quantitative estimate of drug-likeness (QED) is 0.779. The van der Waals surface area contributed by atoms with Crippen LogP contribution in [-0.4, -0.2) is 41.7 Å². The van der Waals surface area contributed by atoms with E-state index in [-0.39, 0.29) is 17.1 Å². The number of aryl methyl sites for hydroxylation is 1. The smallest absolute Gasteiger partial charge is 0.267 e.